The van der Waals surface area contributed by atoms with Crippen molar-refractivity contribution in [1.82, 2.24) is 9.97 Å². The third kappa shape index (κ3) is 2.44. The fourth-order valence-corrected chi connectivity index (χ4v) is 2.04. The molecular formula is C10H15BrN4O. The van der Waals surface area contributed by atoms with Crippen molar-refractivity contribution < 1.29 is 4.74 Å². The molecule has 0 atom stereocenters. The Kier molecular flexibility index (Phi) is 3.60. The number of methoxy groups -OCH3 is 1. The molecule has 88 valence electrons. The summed E-state index contributed by atoms with van der Waals surface area (Å²) in [6, 6.07) is 0.570. The summed E-state index contributed by atoms with van der Waals surface area (Å²) in [5, 5.41) is 0. The fraction of sp³-hybridized carbons (Fsp3) is 0.600. The first-order chi connectivity index (χ1) is 7.74. The zero-order chi connectivity index (χ0) is 11.5. The molecule has 1 saturated carbocycles. The Morgan fingerprint density at radius 2 is 2.31 bits per heavy atom. The van der Waals surface area contributed by atoms with Crippen LogP contribution in [0, 0.1) is 0 Å². The molecule has 2 N–H and O–H groups in total. The van der Waals surface area contributed by atoms with Crippen molar-refractivity contribution in [3.63, 3.8) is 0 Å². The highest BCUT2D eigenvalue weighted by atomic mass is 79.9. The number of halogens is 1. The normalized spacial score (nSPS) is 15.1. The molecule has 1 heterocycles. The first-order valence-electron chi connectivity index (χ1n) is 5.25. The van der Waals surface area contributed by atoms with Crippen LogP contribution in [-0.2, 0) is 4.74 Å². The summed E-state index contributed by atoms with van der Waals surface area (Å²) in [6.07, 6.45) is 3.91. The van der Waals surface area contributed by atoms with Gasteiger partial charge < -0.3 is 15.4 Å². The van der Waals surface area contributed by atoms with Crippen molar-refractivity contribution in [1.29, 1.82) is 0 Å². The van der Waals surface area contributed by atoms with E-state index in [0.717, 1.165) is 16.8 Å². The van der Waals surface area contributed by atoms with Crippen molar-refractivity contribution in [2.24, 2.45) is 0 Å². The Morgan fingerprint density at radius 3 is 2.94 bits per heavy atom. The lowest BCUT2D eigenvalue weighted by Gasteiger charge is -2.24. The van der Waals surface area contributed by atoms with Crippen molar-refractivity contribution in [3.05, 3.63) is 10.8 Å². The highest BCUT2D eigenvalue weighted by Crippen LogP contribution is 2.35. The van der Waals surface area contributed by atoms with Crippen LogP contribution in [0.15, 0.2) is 10.8 Å². The van der Waals surface area contributed by atoms with Gasteiger partial charge in [-0.3, -0.25) is 0 Å². The molecule has 5 nitrogen and oxygen atoms in total. The van der Waals surface area contributed by atoms with Gasteiger partial charge in [-0.05, 0) is 28.8 Å². The van der Waals surface area contributed by atoms with E-state index >= 15 is 0 Å². The maximum Gasteiger partial charge on any atom is 0.148 e. The minimum absolute atomic E-state index is 0.480. The topological polar surface area (TPSA) is 64.3 Å². The predicted octanol–water partition coefficient (Wildman–Crippen LogP) is 1.44. The molecule has 6 heteroatoms. The Labute approximate surface area is 103 Å². The number of nitrogens with zero attached hydrogens (tertiary/aromatic N) is 3. The lowest BCUT2D eigenvalue weighted by molar-refractivity contribution is 0.204. The first kappa shape index (κ1) is 11.6. The Balaban J connectivity index is 2.20. The molecule has 1 fully saturated rings. The minimum Gasteiger partial charge on any atom is -0.383 e. The van der Waals surface area contributed by atoms with E-state index < -0.39 is 0 Å². The van der Waals surface area contributed by atoms with Gasteiger partial charge in [-0.1, -0.05) is 0 Å². The van der Waals surface area contributed by atoms with Crippen LogP contribution >= 0.6 is 15.9 Å². The maximum absolute atomic E-state index is 5.75. The van der Waals surface area contributed by atoms with Crippen LogP contribution in [0.4, 0.5) is 11.6 Å². The zero-order valence-corrected chi connectivity index (χ0v) is 10.8. The Morgan fingerprint density at radius 1 is 1.56 bits per heavy atom. The summed E-state index contributed by atoms with van der Waals surface area (Å²) in [5.74, 6) is 1.35. The molecule has 0 spiro atoms. The molecule has 1 aromatic rings. The molecule has 2 rings (SSSR count). The average Bonchev–Trinajstić information content (AvgIpc) is 3.08. The minimum atomic E-state index is 0.480. The van der Waals surface area contributed by atoms with E-state index in [-0.39, 0.29) is 0 Å². The molecule has 1 aromatic heterocycles. The number of hydrogen-bond acceptors (Lipinski definition) is 5. The molecule has 0 bridgehead atoms. The van der Waals surface area contributed by atoms with Crippen LogP contribution in [0.1, 0.15) is 12.8 Å². The third-order valence-electron chi connectivity index (χ3n) is 2.59. The quantitative estimate of drug-likeness (QED) is 0.887. The first-order valence-corrected chi connectivity index (χ1v) is 6.05. The molecule has 0 aliphatic heterocycles. The standard InChI is InChI=1S/C10H15BrN4O/c1-16-5-4-15(7-2-3-7)10-8(11)9(12)13-6-14-10/h6-7H,2-5H2,1H3,(H2,12,13,14). The largest absolute Gasteiger partial charge is 0.383 e. The smallest absolute Gasteiger partial charge is 0.148 e. The molecular weight excluding hydrogens is 272 g/mol. The van der Waals surface area contributed by atoms with Crippen LogP contribution in [0.25, 0.3) is 0 Å². The third-order valence-corrected chi connectivity index (χ3v) is 3.35. The molecule has 0 saturated heterocycles. The van der Waals surface area contributed by atoms with Crippen LogP contribution in [0.3, 0.4) is 0 Å². The second-order valence-corrected chi connectivity index (χ2v) is 4.61. The van der Waals surface area contributed by atoms with Gasteiger partial charge in [0.05, 0.1) is 6.61 Å². The van der Waals surface area contributed by atoms with E-state index in [4.69, 9.17) is 10.5 Å². The highest BCUT2D eigenvalue weighted by molar-refractivity contribution is 9.10. The number of anilines is 2. The summed E-state index contributed by atoms with van der Waals surface area (Å²) in [5.41, 5.74) is 5.75. The van der Waals surface area contributed by atoms with Gasteiger partial charge in [0.15, 0.2) is 0 Å². The molecule has 0 amide bonds. The summed E-state index contributed by atoms with van der Waals surface area (Å²) >= 11 is 3.44. The Hall–Kier alpha value is -0.880. The fourth-order valence-electron chi connectivity index (χ4n) is 1.61. The summed E-state index contributed by atoms with van der Waals surface area (Å²) in [4.78, 5) is 10.5. The molecule has 0 radical (unpaired) electrons. The number of ether oxygens (including phenoxy) is 1. The maximum atomic E-state index is 5.75. The number of nitrogens with two attached hydrogens (primary N) is 1. The molecule has 1 aliphatic carbocycles. The Bertz CT molecular complexity index is 370. The van der Waals surface area contributed by atoms with Crippen molar-refractivity contribution in [2.45, 2.75) is 18.9 Å². The molecule has 1 aliphatic rings. The van der Waals surface area contributed by atoms with Gasteiger partial charge in [-0.2, -0.15) is 0 Å². The van der Waals surface area contributed by atoms with E-state index in [9.17, 15) is 0 Å². The SMILES string of the molecule is COCCN(c1ncnc(N)c1Br)C1CC1. The van der Waals surface area contributed by atoms with E-state index in [0.29, 0.717) is 18.5 Å². The van der Waals surface area contributed by atoms with Crippen LogP contribution < -0.4 is 10.6 Å². The van der Waals surface area contributed by atoms with Gasteiger partial charge in [0.1, 0.15) is 22.4 Å². The van der Waals surface area contributed by atoms with Crippen molar-refractivity contribution in [3.8, 4) is 0 Å². The average molecular weight is 287 g/mol. The molecule has 0 unspecified atom stereocenters. The summed E-state index contributed by atoms with van der Waals surface area (Å²) < 4.78 is 5.89. The van der Waals surface area contributed by atoms with Gasteiger partial charge in [-0.25, -0.2) is 9.97 Å². The van der Waals surface area contributed by atoms with Gasteiger partial charge in [0, 0.05) is 19.7 Å². The lowest BCUT2D eigenvalue weighted by atomic mass is 10.4. The van der Waals surface area contributed by atoms with Crippen LogP contribution in [0.2, 0.25) is 0 Å². The second kappa shape index (κ2) is 4.97. The van der Waals surface area contributed by atoms with Gasteiger partial charge in [0.25, 0.3) is 0 Å². The highest BCUT2D eigenvalue weighted by Gasteiger charge is 2.31. The zero-order valence-electron chi connectivity index (χ0n) is 9.19. The number of hydrogen-bond donors (Lipinski definition) is 1. The lowest BCUT2D eigenvalue weighted by Crippen LogP contribution is -2.30. The number of nitrogen functional groups attached to an aromatic ring is 1. The van der Waals surface area contributed by atoms with E-state index in [2.05, 4.69) is 30.8 Å². The van der Waals surface area contributed by atoms with Gasteiger partial charge >= 0.3 is 0 Å². The van der Waals surface area contributed by atoms with E-state index in [1.165, 1.54) is 19.2 Å². The van der Waals surface area contributed by atoms with Crippen molar-refractivity contribution in [2.75, 3.05) is 30.9 Å². The van der Waals surface area contributed by atoms with E-state index in [1.807, 2.05) is 0 Å². The van der Waals surface area contributed by atoms with Gasteiger partial charge in [0.2, 0.25) is 0 Å². The van der Waals surface area contributed by atoms with Crippen molar-refractivity contribution >= 4 is 27.6 Å². The summed E-state index contributed by atoms with van der Waals surface area (Å²) in [6.45, 7) is 1.52. The van der Waals surface area contributed by atoms with Crippen LogP contribution in [-0.4, -0.2) is 36.3 Å². The summed E-state index contributed by atoms with van der Waals surface area (Å²) in [7, 11) is 1.70. The van der Waals surface area contributed by atoms with Crippen LogP contribution in [0.5, 0.6) is 0 Å². The number of aromatic nitrogens is 2. The number of rotatable bonds is 5. The van der Waals surface area contributed by atoms with E-state index in [1.54, 1.807) is 7.11 Å². The van der Waals surface area contributed by atoms with Gasteiger partial charge in [-0.15, -0.1) is 0 Å². The molecule has 16 heavy (non-hydrogen) atoms. The molecule has 0 aromatic carbocycles. The second-order valence-electron chi connectivity index (χ2n) is 3.81. The monoisotopic (exact) mass is 286 g/mol. The predicted molar refractivity (Wildman–Crippen MR) is 66.4 cm³/mol.